The predicted octanol–water partition coefficient (Wildman–Crippen LogP) is 2.20. The molecule has 0 aliphatic carbocycles. The highest BCUT2D eigenvalue weighted by atomic mass is 32.2. The molecular formula is C11H19N3OS. The Kier molecular flexibility index (Phi) is 5.38. The summed E-state index contributed by atoms with van der Waals surface area (Å²) in [5, 5.41) is 3.30. The van der Waals surface area contributed by atoms with Crippen molar-refractivity contribution in [2.45, 2.75) is 13.8 Å². The Labute approximate surface area is 101 Å². The topological polar surface area (TPSA) is 47.0 Å². The molecule has 0 saturated heterocycles. The molecule has 1 unspecified atom stereocenters. The molecule has 5 heteroatoms. The molecule has 0 fully saturated rings. The Morgan fingerprint density at radius 3 is 2.88 bits per heavy atom. The van der Waals surface area contributed by atoms with Crippen LogP contribution in [0.4, 0.5) is 5.82 Å². The van der Waals surface area contributed by atoms with Crippen molar-refractivity contribution in [3.63, 3.8) is 0 Å². The van der Waals surface area contributed by atoms with Gasteiger partial charge >= 0.3 is 0 Å². The van der Waals surface area contributed by atoms with Gasteiger partial charge < -0.3 is 10.1 Å². The summed E-state index contributed by atoms with van der Waals surface area (Å²) < 4.78 is 5.09. The SMILES string of the molecule is COc1cc(NCC(C)CSC)nc(C)n1. The lowest BCUT2D eigenvalue weighted by molar-refractivity contribution is 0.396. The van der Waals surface area contributed by atoms with E-state index < -0.39 is 0 Å². The summed E-state index contributed by atoms with van der Waals surface area (Å²) in [6, 6.07) is 1.82. The first kappa shape index (κ1) is 13.1. The number of aryl methyl sites for hydroxylation is 1. The first-order chi connectivity index (χ1) is 7.65. The minimum atomic E-state index is 0.604. The Balaban J connectivity index is 2.56. The molecule has 1 atom stereocenters. The number of hydrogen-bond donors (Lipinski definition) is 1. The van der Waals surface area contributed by atoms with Crippen LogP contribution < -0.4 is 10.1 Å². The van der Waals surface area contributed by atoms with Gasteiger partial charge in [0.1, 0.15) is 11.6 Å². The maximum Gasteiger partial charge on any atom is 0.218 e. The van der Waals surface area contributed by atoms with E-state index in [1.165, 1.54) is 0 Å². The van der Waals surface area contributed by atoms with Crippen molar-refractivity contribution in [3.8, 4) is 5.88 Å². The van der Waals surface area contributed by atoms with Gasteiger partial charge in [0.05, 0.1) is 7.11 Å². The molecule has 0 radical (unpaired) electrons. The van der Waals surface area contributed by atoms with Crippen molar-refractivity contribution < 1.29 is 4.74 Å². The summed E-state index contributed by atoms with van der Waals surface area (Å²) in [6.07, 6.45) is 2.12. The highest BCUT2D eigenvalue weighted by molar-refractivity contribution is 7.98. The Morgan fingerprint density at radius 1 is 1.50 bits per heavy atom. The van der Waals surface area contributed by atoms with Crippen LogP contribution in [0.3, 0.4) is 0 Å². The monoisotopic (exact) mass is 241 g/mol. The van der Waals surface area contributed by atoms with Gasteiger partial charge in [-0.2, -0.15) is 16.7 Å². The van der Waals surface area contributed by atoms with Gasteiger partial charge in [0.15, 0.2) is 0 Å². The third-order valence-electron chi connectivity index (χ3n) is 2.11. The van der Waals surface area contributed by atoms with Crippen molar-refractivity contribution in [2.75, 3.05) is 31.0 Å². The maximum atomic E-state index is 5.09. The smallest absolute Gasteiger partial charge is 0.218 e. The van der Waals surface area contributed by atoms with Crippen LogP contribution in [-0.4, -0.2) is 35.6 Å². The summed E-state index contributed by atoms with van der Waals surface area (Å²) in [7, 11) is 1.61. The quantitative estimate of drug-likeness (QED) is 0.827. The molecule has 90 valence electrons. The highest BCUT2D eigenvalue weighted by Crippen LogP contribution is 2.13. The summed E-state index contributed by atoms with van der Waals surface area (Å²) >= 11 is 1.86. The van der Waals surface area contributed by atoms with Gasteiger partial charge in [-0.15, -0.1) is 0 Å². The average Bonchev–Trinajstić information content (AvgIpc) is 2.26. The first-order valence-corrected chi connectivity index (χ1v) is 6.67. The van der Waals surface area contributed by atoms with E-state index in [1.807, 2.05) is 24.8 Å². The zero-order valence-electron chi connectivity index (χ0n) is 10.3. The van der Waals surface area contributed by atoms with Crippen molar-refractivity contribution in [2.24, 2.45) is 5.92 Å². The standard InChI is InChI=1S/C11H19N3OS/c1-8(7-16-4)6-12-10-5-11(15-3)14-9(2)13-10/h5,8H,6-7H2,1-4H3,(H,12,13,14). The van der Waals surface area contributed by atoms with Gasteiger partial charge in [-0.25, -0.2) is 4.98 Å². The number of thioether (sulfide) groups is 1. The van der Waals surface area contributed by atoms with E-state index in [-0.39, 0.29) is 0 Å². The minimum absolute atomic E-state index is 0.604. The van der Waals surface area contributed by atoms with Gasteiger partial charge in [0.25, 0.3) is 0 Å². The van der Waals surface area contributed by atoms with E-state index >= 15 is 0 Å². The predicted molar refractivity (Wildman–Crippen MR) is 69.4 cm³/mol. The van der Waals surface area contributed by atoms with Crippen LogP contribution in [0.15, 0.2) is 6.07 Å². The van der Waals surface area contributed by atoms with Gasteiger partial charge in [0.2, 0.25) is 5.88 Å². The lowest BCUT2D eigenvalue weighted by Crippen LogP contribution is -2.14. The van der Waals surface area contributed by atoms with Gasteiger partial charge in [0, 0.05) is 12.6 Å². The molecule has 0 bridgehead atoms. The molecular weight excluding hydrogens is 222 g/mol. The average molecular weight is 241 g/mol. The van der Waals surface area contributed by atoms with Crippen LogP contribution in [0.2, 0.25) is 0 Å². The van der Waals surface area contributed by atoms with Gasteiger partial charge in [-0.3, -0.25) is 0 Å². The lowest BCUT2D eigenvalue weighted by Gasteiger charge is -2.12. The van der Waals surface area contributed by atoms with Crippen molar-refractivity contribution in [1.29, 1.82) is 0 Å². The normalized spacial score (nSPS) is 12.2. The zero-order chi connectivity index (χ0) is 12.0. The molecule has 1 aromatic rings. The van der Waals surface area contributed by atoms with E-state index in [4.69, 9.17) is 4.74 Å². The molecule has 0 amide bonds. The van der Waals surface area contributed by atoms with E-state index in [1.54, 1.807) is 7.11 Å². The number of nitrogens with one attached hydrogen (secondary N) is 1. The molecule has 4 nitrogen and oxygen atoms in total. The van der Waals surface area contributed by atoms with Crippen LogP contribution in [0.1, 0.15) is 12.7 Å². The van der Waals surface area contributed by atoms with E-state index in [0.29, 0.717) is 11.8 Å². The largest absolute Gasteiger partial charge is 0.481 e. The molecule has 0 spiro atoms. The van der Waals surface area contributed by atoms with Crippen LogP contribution in [0, 0.1) is 12.8 Å². The second kappa shape index (κ2) is 6.58. The van der Waals surface area contributed by atoms with Crippen LogP contribution in [0.5, 0.6) is 5.88 Å². The molecule has 1 N–H and O–H groups in total. The minimum Gasteiger partial charge on any atom is -0.481 e. The van der Waals surface area contributed by atoms with Crippen molar-refractivity contribution >= 4 is 17.6 Å². The van der Waals surface area contributed by atoms with Crippen molar-refractivity contribution in [3.05, 3.63) is 11.9 Å². The number of nitrogens with zero attached hydrogens (tertiary/aromatic N) is 2. The van der Waals surface area contributed by atoms with Crippen LogP contribution in [-0.2, 0) is 0 Å². The number of hydrogen-bond acceptors (Lipinski definition) is 5. The summed E-state index contributed by atoms with van der Waals surface area (Å²) in [5.41, 5.74) is 0. The van der Waals surface area contributed by atoms with Crippen LogP contribution >= 0.6 is 11.8 Å². The molecule has 0 aliphatic heterocycles. The molecule has 1 aromatic heterocycles. The lowest BCUT2D eigenvalue weighted by atomic mass is 10.2. The summed E-state index contributed by atoms with van der Waals surface area (Å²) in [4.78, 5) is 8.44. The Morgan fingerprint density at radius 2 is 2.25 bits per heavy atom. The number of methoxy groups -OCH3 is 1. The van der Waals surface area contributed by atoms with E-state index in [0.717, 1.165) is 23.9 Å². The summed E-state index contributed by atoms with van der Waals surface area (Å²) in [6.45, 7) is 4.99. The van der Waals surface area contributed by atoms with Gasteiger partial charge in [-0.05, 0) is 24.9 Å². The Bertz CT molecular complexity index is 333. The number of ether oxygens (including phenoxy) is 1. The maximum absolute atomic E-state index is 5.09. The van der Waals surface area contributed by atoms with E-state index in [9.17, 15) is 0 Å². The third-order valence-corrected chi connectivity index (χ3v) is 3.01. The Hall–Kier alpha value is -0.970. The first-order valence-electron chi connectivity index (χ1n) is 5.28. The molecule has 0 saturated carbocycles. The van der Waals surface area contributed by atoms with Crippen LogP contribution in [0.25, 0.3) is 0 Å². The summed E-state index contributed by atoms with van der Waals surface area (Å²) in [5.74, 6) is 3.93. The van der Waals surface area contributed by atoms with E-state index in [2.05, 4.69) is 28.5 Å². The highest BCUT2D eigenvalue weighted by Gasteiger charge is 2.04. The molecule has 0 aromatic carbocycles. The fourth-order valence-corrected chi connectivity index (χ4v) is 2.04. The molecule has 1 heterocycles. The third kappa shape index (κ3) is 4.26. The number of aromatic nitrogens is 2. The van der Waals surface area contributed by atoms with Gasteiger partial charge in [-0.1, -0.05) is 6.92 Å². The second-order valence-corrected chi connectivity index (χ2v) is 4.69. The second-order valence-electron chi connectivity index (χ2n) is 3.78. The van der Waals surface area contributed by atoms with Crippen molar-refractivity contribution in [1.82, 2.24) is 9.97 Å². The molecule has 1 rings (SSSR count). The molecule has 16 heavy (non-hydrogen) atoms. The fraction of sp³-hybridized carbons (Fsp3) is 0.636. The molecule has 0 aliphatic rings. The number of anilines is 1. The number of rotatable bonds is 6. The zero-order valence-corrected chi connectivity index (χ0v) is 11.1. The fourth-order valence-electron chi connectivity index (χ4n) is 1.36.